The van der Waals surface area contributed by atoms with Gasteiger partial charge in [-0.05, 0) is 80.0 Å². The average Bonchev–Trinajstić information content (AvgIpc) is 2.78. The summed E-state index contributed by atoms with van der Waals surface area (Å²) in [5.41, 5.74) is 7.27. The van der Waals surface area contributed by atoms with Crippen molar-refractivity contribution in [1.29, 1.82) is 0 Å². The molecule has 2 aromatic heterocycles. The molecule has 1 amide bonds. The molecule has 0 saturated heterocycles. The standard InChI is InChI=1S/C25H24N4O/c30-25(29-28-24-18-10-15-9-16(12-18)13-19(24)11-15)21-14-23(17-5-7-26-8-6-17)27-22-4-2-1-3-20(21)22/h1-8,14-16,18-19H,9-13H2,(H,29,30). The van der Waals surface area contributed by atoms with Crippen LogP contribution in [0.25, 0.3) is 22.2 Å². The number of para-hydroxylation sites is 1. The van der Waals surface area contributed by atoms with Crippen LogP contribution < -0.4 is 5.43 Å². The first kappa shape index (κ1) is 17.8. The van der Waals surface area contributed by atoms with Crippen LogP contribution in [0.1, 0.15) is 42.5 Å². The Bertz CT molecular complexity index is 1120. The Morgan fingerprint density at radius 1 is 0.933 bits per heavy atom. The van der Waals surface area contributed by atoms with Crippen LogP contribution in [0.15, 0.2) is 60.0 Å². The molecule has 4 aliphatic rings. The van der Waals surface area contributed by atoms with Crippen LogP contribution in [-0.4, -0.2) is 21.6 Å². The second kappa shape index (κ2) is 7.01. The molecule has 0 unspecified atom stereocenters. The lowest BCUT2D eigenvalue weighted by Crippen LogP contribution is -2.46. The highest BCUT2D eigenvalue weighted by Gasteiger charge is 2.46. The number of hydrazone groups is 1. The van der Waals surface area contributed by atoms with Gasteiger partial charge in [-0.15, -0.1) is 0 Å². The van der Waals surface area contributed by atoms with Gasteiger partial charge in [-0.1, -0.05) is 18.2 Å². The summed E-state index contributed by atoms with van der Waals surface area (Å²) in [5, 5.41) is 5.54. The molecule has 0 aliphatic heterocycles. The Hall–Kier alpha value is -3.08. The highest BCUT2D eigenvalue weighted by molar-refractivity contribution is 6.07. The van der Waals surface area contributed by atoms with E-state index in [0.29, 0.717) is 17.4 Å². The fourth-order valence-electron chi connectivity index (χ4n) is 6.06. The van der Waals surface area contributed by atoms with Gasteiger partial charge in [0.1, 0.15) is 0 Å². The number of nitrogens with one attached hydrogen (secondary N) is 1. The maximum Gasteiger partial charge on any atom is 0.272 e. The normalized spacial score (nSPS) is 26.7. The Labute approximate surface area is 175 Å². The predicted molar refractivity (Wildman–Crippen MR) is 117 cm³/mol. The largest absolute Gasteiger partial charge is 0.272 e. The molecule has 5 nitrogen and oxygen atoms in total. The van der Waals surface area contributed by atoms with Gasteiger partial charge in [-0.2, -0.15) is 5.10 Å². The summed E-state index contributed by atoms with van der Waals surface area (Å²) in [6, 6.07) is 13.5. The van der Waals surface area contributed by atoms with Crippen LogP contribution in [0.2, 0.25) is 0 Å². The molecule has 4 saturated carbocycles. The van der Waals surface area contributed by atoms with Crippen LogP contribution >= 0.6 is 0 Å². The molecule has 150 valence electrons. The number of pyridine rings is 2. The van der Waals surface area contributed by atoms with Crippen molar-refractivity contribution >= 4 is 22.5 Å². The first-order chi connectivity index (χ1) is 14.7. The number of nitrogens with zero attached hydrogens (tertiary/aromatic N) is 3. The first-order valence-corrected chi connectivity index (χ1v) is 10.9. The molecule has 4 fully saturated rings. The number of carbonyl (C=O) groups is 1. The molecule has 0 spiro atoms. The van der Waals surface area contributed by atoms with E-state index in [-0.39, 0.29) is 5.91 Å². The van der Waals surface area contributed by atoms with Crippen molar-refractivity contribution in [2.45, 2.75) is 32.1 Å². The number of hydrogen-bond acceptors (Lipinski definition) is 4. The second-order valence-corrected chi connectivity index (χ2v) is 9.09. The van der Waals surface area contributed by atoms with Crippen molar-refractivity contribution in [3.05, 3.63) is 60.4 Å². The van der Waals surface area contributed by atoms with Gasteiger partial charge in [0.15, 0.2) is 0 Å². The third kappa shape index (κ3) is 3.00. The number of hydrogen-bond donors (Lipinski definition) is 1. The van der Waals surface area contributed by atoms with E-state index in [1.165, 1.54) is 37.8 Å². The lowest BCUT2D eigenvalue weighted by Gasteiger charge is -2.50. The third-order valence-electron chi connectivity index (χ3n) is 7.20. The summed E-state index contributed by atoms with van der Waals surface area (Å²) in [6.45, 7) is 0. The SMILES string of the molecule is O=C(NN=C1C2CC3CC(C2)CC1C3)c1cc(-c2ccncc2)nc2ccccc12. The highest BCUT2D eigenvalue weighted by atomic mass is 16.2. The molecule has 3 aromatic rings. The van der Waals surface area contributed by atoms with Gasteiger partial charge in [0.05, 0.1) is 16.8 Å². The summed E-state index contributed by atoms with van der Waals surface area (Å²) in [4.78, 5) is 22.1. The molecule has 5 heteroatoms. The molecule has 30 heavy (non-hydrogen) atoms. The Balaban J connectivity index is 1.34. The van der Waals surface area contributed by atoms with E-state index in [4.69, 9.17) is 10.1 Å². The van der Waals surface area contributed by atoms with Gasteiger partial charge >= 0.3 is 0 Å². The van der Waals surface area contributed by atoms with Crippen LogP contribution in [-0.2, 0) is 0 Å². The van der Waals surface area contributed by atoms with Crippen molar-refractivity contribution in [2.75, 3.05) is 0 Å². The van der Waals surface area contributed by atoms with Gasteiger partial charge in [0.2, 0.25) is 0 Å². The molecule has 1 aromatic carbocycles. The third-order valence-corrected chi connectivity index (χ3v) is 7.20. The number of fused-ring (bicyclic) bond motifs is 1. The zero-order valence-corrected chi connectivity index (χ0v) is 16.8. The van der Waals surface area contributed by atoms with E-state index in [0.717, 1.165) is 34.0 Å². The van der Waals surface area contributed by atoms with Crippen LogP contribution in [0, 0.1) is 23.7 Å². The number of rotatable bonds is 3. The first-order valence-electron chi connectivity index (χ1n) is 10.9. The lowest BCUT2D eigenvalue weighted by atomic mass is 9.55. The Morgan fingerprint density at radius 2 is 1.63 bits per heavy atom. The topological polar surface area (TPSA) is 67.2 Å². The molecule has 2 heterocycles. The molecular weight excluding hydrogens is 372 g/mol. The predicted octanol–water partition coefficient (Wildman–Crippen LogP) is 4.84. The number of amides is 1. The number of aromatic nitrogens is 2. The van der Waals surface area contributed by atoms with E-state index < -0.39 is 0 Å². The van der Waals surface area contributed by atoms with Crippen molar-refractivity contribution < 1.29 is 4.79 Å². The van der Waals surface area contributed by atoms with Crippen molar-refractivity contribution in [3.63, 3.8) is 0 Å². The fraction of sp³-hybridized carbons (Fsp3) is 0.360. The Morgan fingerprint density at radius 3 is 2.37 bits per heavy atom. The smallest absolute Gasteiger partial charge is 0.267 e. The fourth-order valence-corrected chi connectivity index (χ4v) is 6.06. The maximum absolute atomic E-state index is 13.2. The average molecular weight is 396 g/mol. The molecular formula is C25H24N4O. The minimum absolute atomic E-state index is 0.162. The molecule has 0 radical (unpaired) electrons. The summed E-state index contributed by atoms with van der Waals surface area (Å²) in [7, 11) is 0. The highest BCUT2D eigenvalue weighted by Crippen LogP contribution is 2.52. The van der Waals surface area contributed by atoms with E-state index in [1.54, 1.807) is 12.4 Å². The Kier molecular flexibility index (Phi) is 4.15. The van der Waals surface area contributed by atoms with E-state index >= 15 is 0 Å². The van der Waals surface area contributed by atoms with Gasteiger partial charge in [-0.25, -0.2) is 10.4 Å². The summed E-state index contributed by atoms with van der Waals surface area (Å²) in [6.07, 6.45) is 9.92. The van der Waals surface area contributed by atoms with Gasteiger partial charge in [-0.3, -0.25) is 9.78 Å². The van der Waals surface area contributed by atoms with Gasteiger partial charge in [0, 0.05) is 29.1 Å². The molecule has 4 bridgehead atoms. The summed E-state index contributed by atoms with van der Waals surface area (Å²) in [5.74, 6) is 2.75. The van der Waals surface area contributed by atoms with Crippen LogP contribution in [0.5, 0.6) is 0 Å². The van der Waals surface area contributed by atoms with Crippen LogP contribution in [0.4, 0.5) is 0 Å². The van der Waals surface area contributed by atoms with E-state index in [2.05, 4.69) is 10.4 Å². The molecule has 4 aliphatic carbocycles. The quantitative estimate of drug-likeness (QED) is 0.644. The van der Waals surface area contributed by atoms with Crippen molar-refractivity contribution in [3.8, 4) is 11.3 Å². The van der Waals surface area contributed by atoms with E-state index in [1.807, 2.05) is 42.5 Å². The number of benzene rings is 1. The minimum Gasteiger partial charge on any atom is -0.267 e. The second-order valence-electron chi connectivity index (χ2n) is 9.09. The lowest BCUT2D eigenvalue weighted by molar-refractivity contribution is 0.0944. The minimum atomic E-state index is -0.162. The maximum atomic E-state index is 13.2. The zero-order chi connectivity index (χ0) is 20.1. The van der Waals surface area contributed by atoms with Crippen molar-refractivity contribution in [2.24, 2.45) is 28.8 Å². The molecule has 0 atom stereocenters. The monoisotopic (exact) mass is 396 g/mol. The number of carbonyl (C=O) groups excluding carboxylic acids is 1. The molecule has 1 N–H and O–H groups in total. The van der Waals surface area contributed by atoms with Gasteiger partial charge < -0.3 is 0 Å². The summed E-state index contributed by atoms with van der Waals surface area (Å²) >= 11 is 0. The van der Waals surface area contributed by atoms with Gasteiger partial charge in [0.25, 0.3) is 5.91 Å². The summed E-state index contributed by atoms with van der Waals surface area (Å²) < 4.78 is 0. The van der Waals surface area contributed by atoms with Crippen molar-refractivity contribution in [1.82, 2.24) is 15.4 Å². The van der Waals surface area contributed by atoms with E-state index in [9.17, 15) is 4.79 Å². The van der Waals surface area contributed by atoms with Crippen LogP contribution in [0.3, 0.4) is 0 Å². The molecule has 7 rings (SSSR count). The zero-order valence-electron chi connectivity index (χ0n) is 16.8.